The molecule has 1 rings (SSSR count). The van der Waals surface area contributed by atoms with Gasteiger partial charge < -0.3 is 15.2 Å². The molecule has 0 aliphatic carbocycles. The number of nitrogens with one attached hydrogen (secondary N) is 1. The summed E-state index contributed by atoms with van der Waals surface area (Å²) in [6, 6.07) is 5.56. The number of rotatable bonds is 9. The molecule has 0 saturated heterocycles. The minimum Gasteiger partial charge on any atom is -0.481 e. The first kappa shape index (κ1) is 17.4. The van der Waals surface area contributed by atoms with Crippen LogP contribution in [0.1, 0.15) is 33.1 Å². The van der Waals surface area contributed by atoms with Crippen LogP contribution in [0.25, 0.3) is 0 Å². The molecular weight excluding hydrogens is 273 g/mol. The third-order valence-corrected chi connectivity index (χ3v) is 3.29. The molecule has 1 aromatic rings. The summed E-state index contributed by atoms with van der Waals surface area (Å²) in [7, 11) is 0. The highest BCUT2D eigenvalue weighted by atomic mass is 19.1. The van der Waals surface area contributed by atoms with Crippen molar-refractivity contribution < 1.29 is 19.0 Å². The summed E-state index contributed by atoms with van der Waals surface area (Å²) >= 11 is 0. The Balaban J connectivity index is 2.41. The van der Waals surface area contributed by atoms with Crippen molar-refractivity contribution in [2.24, 2.45) is 5.92 Å². The predicted octanol–water partition coefficient (Wildman–Crippen LogP) is 2.51. The van der Waals surface area contributed by atoms with Crippen molar-refractivity contribution >= 4 is 5.91 Å². The third kappa shape index (κ3) is 6.58. The lowest BCUT2D eigenvalue weighted by molar-refractivity contribution is -0.127. The van der Waals surface area contributed by atoms with Crippen molar-refractivity contribution in [1.82, 2.24) is 5.32 Å². The van der Waals surface area contributed by atoms with Gasteiger partial charge in [-0.15, -0.1) is 0 Å². The number of aliphatic hydroxyl groups is 1. The Morgan fingerprint density at radius 3 is 2.57 bits per heavy atom. The van der Waals surface area contributed by atoms with E-state index in [2.05, 4.69) is 12.2 Å². The fourth-order valence-corrected chi connectivity index (χ4v) is 2.10. The molecule has 0 aliphatic rings. The Morgan fingerprint density at radius 1 is 1.33 bits per heavy atom. The summed E-state index contributed by atoms with van der Waals surface area (Å²) in [6.45, 7) is 4.39. The van der Waals surface area contributed by atoms with Gasteiger partial charge in [0.1, 0.15) is 11.6 Å². The summed E-state index contributed by atoms with van der Waals surface area (Å²) in [5.74, 6) is 0.186. The van der Waals surface area contributed by atoms with Gasteiger partial charge in [0.25, 0.3) is 5.91 Å². The van der Waals surface area contributed by atoms with Crippen LogP contribution in [-0.4, -0.2) is 30.3 Å². The third-order valence-electron chi connectivity index (χ3n) is 3.29. The van der Waals surface area contributed by atoms with Crippen molar-refractivity contribution in [3.63, 3.8) is 0 Å². The van der Waals surface area contributed by atoms with Gasteiger partial charge in [0.15, 0.2) is 6.10 Å². The predicted molar refractivity (Wildman–Crippen MR) is 79.6 cm³/mol. The Labute approximate surface area is 125 Å². The van der Waals surface area contributed by atoms with Crippen molar-refractivity contribution in [1.29, 1.82) is 0 Å². The van der Waals surface area contributed by atoms with E-state index < -0.39 is 6.10 Å². The second-order valence-corrected chi connectivity index (χ2v) is 5.13. The molecule has 0 saturated carbocycles. The Kier molecular flexibility index (Phi) is 7.75. The minimum atomic E-state index is -0.646. The number of amides is 1. The van der Waals surface area contributed by atoms with E-state index in [0.29, 0.717) is 18.7 Å². The van der Waals surface area contributed by atoms with Crippen molar-refractivity contribution in [3.8, 4) is 5.75 Å². The quantitative estimate of drug-likeness (QED) is 0.736. The smallest absolute Gasteiger partial charge is 0.260 e. The largest absolute Gasteiger partial charge is 0.481 e. The lowest BCUT2D eigenvalue weighted by Gasteiger charge is -2.18. The lowest BCUT2D eigenvalue weighted by atomic mass is 10.0. The Morgan fingerprint density at radius 2 is 2.00 bits per heavy atom. The van der Waals surface area contributed by atoms with Crippen LogP contribution in [0.4, 0.5) is 4.39 Å². The van der Waals surface area contributed by atoms with Crippen LogP contribution in [0, 0.1) is 11.7 Å². The molecule has 0 bridgehead atoms. The van der Waals surface area contributed by atoms with E-state index in [0.717, 1.165) is 12.8 Å². The van der Waals surface area contributed by atoms with Crippen LogP contribution in [-0.2, 0) is 4.79 Å². The van der Waals surface area contributed by atoms with Gasteiger partial charge in [-0.25, -0.2) is 4.39 Å². The van der Waals surface area contributed by atoms with Crippen LogP contribution in [0.3, 0.4) is 0 Å². The molecule has 2 N–H and O–H groups in total. The van der Waals surface area contributed by atoms with Gasteiger partial charge in [-0.2, -0.15) is 0 Å². The number of benzene rings is 1. The van der Waals surface area contributed by atoms with Gasteiger partial charge in [-0.1, -0.05) is 13.3 Å². The van der Waals surface area contributed by atoms with Crippen LogP contribution in [0.2, 0.25) is 0 Å². The second kappa shape index (κ2) is 9.34. The van der Waals surface area contributed by atoms with E-state index in [1.165, 1.54) is 24.3 Å². The van der Waals surface area contributed by atoms with Crippen molar-refractivity contribution in [3.05, 3.63) is 30.1 Å². The highest BCUT2D eigenvalue weighted by molar-refractivity contribution is 5.80. The molecule has 1 amide bonds. The van der Waals surface area contributed by atoms with Crippen molar-refractivity contribution in [2.45, 2.75) is 39.2 Å². The molecule has 2 unspecified atom stereocenters. The van der Waals surface area contributed by atoms with Gasteiger partial charge >= 0.3 is 0 Å². The summed E-state index contributed by atoms with van der Waals surface area (Å²) < 4.78 is 18.2. The van der Waals surface area contributed by atoms with Crippen molar-refractivity contribution in [2.75, 3.05) is 13.2 Å². The number of carbonyl (C=O) groups excluding carboxylic acids is 1. The molecule has 4 nitrogen and oxygen atoms in total. The van der Waals surface area contributed by atoms with Gasteiger partial charge in [-0.05, 0) is 49.9 Å². The van der Waals surface area contributed by atoms with Crippen LogP contribution in [0.5, 0.6) is 5.75 Å². The first-order valence-corrected chi connectivity index (χ1v) is 7.37. The molecule has 0 fully saturated rings. The van der Waals surface area contributed by atoms with Gasteiger partial charge in [-0.3, -0.25) is 4.79 Å². The number of carbonyl (C=O) groups is 1. The fourth-order valence-electron chi connectivity index (χ4n) is 2.10. The van der Waals surface area contributed by atoms with E-state index >= 15 is 0 Å². The number of halogens is 1. The summed E-state index contributed by atoms with van der Waals surface area (Å²) in [5.41, 5.74) is 0. The zero-order valence-corrected chi connectivity index (χ0v) is 12.6. The SMILES string of the molecule is CCCC(CCO)CNC(=O)C(C)Oc1ccc(F)cc1. The minimum absolute atomic E-state index is 0.127. The molecule has 0 aliphatic heterocycles. The molecule has 0 spiro atoms. The normalized spacial score (nSPS) is 13.5. The number of hydrogen-bond donors (Lipinski definition) is 2. The first-order valence-electron chi connectivity index (χ1n) is 7.37. The van der Waals surface area contributed by atoms with Gasteiger partial charge in [0.2, 0.25) is 0 Å². The highest BCUT2D eigenvalue weighted by Crippen LogP contribution is 2.13. The molecule has 118 valence electrons. The Bertz CT molecular complexity index is 416. The number of aliphatic hydroxyl groups excluding tert-OH is 1. The maximum atomic E-state index is 12.8. The number of ether oxygens (including phenoxy) is 1. The monoisotopic (exact) mass is 297 g/mol. The Hall–Kier alpha value is -1.62. The van der Waals surface area contributed by atoms with Crippen LogP contribution >= 0.6 is 0 Å². The van der Waals surface area contributed by atoms with E-state index in [-0.39, 0.29) is 24.2 Å². The zero-order chi connectivity index (χ0) is 15.7. The molecule has 21 heavy (non-hydrogen) atoms. The van der Waals surface area contributed by atoms with Crippen LogP contribution < -0.4 is 10.1 Å². The topological polar surface area (TPSA) is 58.6 Å². The standard InChI is InChI=1S/C16H24FNO3/c1-3-4-13(9-10-19)11-18-16(20)12(2)21-15-7-5-14(17)6-8-15/h5-8,12-13,19H,3-4,9-11H2,1-2H3,(H,18,20). The molecule has 0 radical (unpaired) electrons. The number of hydrogen-bond acceptors (Lipinski definition) is 3. The average molecular weight is 297 g/mol. The van der Waals surface area contributed by atoms with Gasteiger partial charge in [0, 0.05) is 13.2 Å². The second-order valence-electron chi connectivity index (χ2n) is 5.13. The molecule has 2 atom stereocenters. The maximum Gasteiger partial charge on any atom is 0.260 e. The zero-order valence-electron chi connectivity index (χ0n) is 12.6. The highest BCUT2D eigenvalue weighted by Gasteiger charge is 2.16. The lowest BCUT2D eigenvalue weighted by Crippen LogP contribution is -2.39. The molecule has 0 heterocycles. The van der Waals surface area contributed by atoms with E-state index in [4.69, 9.17) is 9.84 Å². The fraction of sp³-hybridized carbons (Fsp3) is 0.562. The molecule has 0 aromatic heterocycles. The first-order chi connectivity index (χ1) is 10.1. The van der Waals surface area contributed by atoms with Gasteiger partial charge in [0.05, 0.1) is 0 Å². The van der Waals surface area contributed by atoms with Crippen LogP contribution in [0.15, 0.2) is 24.3 Å². The summed E-state index contributed by atoms with van der Waals surface area (Å²) in [6.07, 6.45) is 2.02. The van der Waals surface area contributed by atoms with E-state index in [1.54, 1.807) is 6.92 Å². The van der Waals surface area contributed by atoms with E-state index in [9.17, 15) is 9.18 Å². The molecule has 5 heteroatoms. The maximum absolute atomic E-state index is 12.8. The average Bonchev–Trinajstić information content (AvgIpc) is 2.47. The molecular formula is C16H24FNO3. The van der Waals surface area contributed by atoms with E-state index in [1.807, 2.05) is 0 Å². The summed E-state index contributed by atoms with van der Waals surface area (Å²) in [5, 5.41) is 11.8. The molecule has 1 aromatic carbocycles. The summed E-state index contributed by atoms with van der Waals surface area (Å²) in [4.78, 5) is 12.0.